The maximum Gasteiger partial charge on any atom is 0.127 e. The number of hydrogen-bond acceptors (Lipinski definition) is 3. The number of nitrogens with one attached hydrogen (secondary N) is 2. The van der Waals surface area contributed by atoms with Crippen molar-refractivity contribution in [3.05, 3.63) is 18.3 Å². The van der Waals surface area contributed by atoms with Gasteiger partial charge in [-0.1, -0.05) is 20.8 Å². The molecule has 17 heavy (non-hydrogen) atoms. The topological polar surface area (TPSA) is 37.0 Å². The minimum Gasteiger partial charge on any atom is -0.382 e. The van der Waals surface area contributed by atoms with E-state index in [4.69, 9.17) is 0 Å². The summed E-state index contributed by atoms with van der Waals surface area (Å²) in [5.41, 5.74) is 1.15. The van der Waals surface area contributed by atoms with E-state index in [1.165, 1.54) is 6.42 Å². The van der Waals surface area contributed by atoms with E-state index in [0.29, 0.717) is 6.04 Å². The summed E-state index contributed by atoms with van der Waals surface area (Å²) in [7, 11) is 0. The van der Waals surface area contributed by atoms with E-state index in [1.54, 1.807) is 0 Å². The Labute approximate surface area is 105 Å². The molecule has 0 aromatic carbocycles. The molecular weight excluding hydrogens is 210 g/mol. The van der Waals surface area contributed by atoms with Crippen molar-refractivity contribution < 1.29 is 0 Å². The second-order valence-electron chi connectivity index (χ2n) is 5.03. The molecule has 0 bridgehead atoms. The number of pyridine rings is 1. The Kier molecular flexibility index (Phi) is 5.81. The zero-order valence-electron chi connectivity index (χ0n) is 11.5. The molecule has 1 unspecified atom stereocenters. The molecular formula is C14H25N3. The van der Waals surface area contributed by atoms with Gasteiger partial charge in [-0.2, -0.15) is 0 Å². The maximum absolute atomic E-state index is 4.29. The normalized spacial score (nSPS) is 12.5. The lowest BCUT2D eigenvalue weighted by Gasteiger charge is -2.17. The first kappa shape index (κ1) is 13.8. The number of anilines is 2. The minimum atomic E-state index is 0.497. The van der Waals surface area contributed by atoms with E-state index in [1.807, 2.05) is 12.3 Å². The molecule has 3 nitrogen and oxygen atoms in total. The highest BCUT2D eigenvalue weighted by atomic mass is 15.0. The summed E-state index contributed by atoms with van der Waals surface area (Å²) in [6.45, 7) is 9.84. The van der Waals surface area contributed by atoms with E-state index in [9.17, 15) is 0 Å². The molecule has 1 heterocycles. The van der Waals surface area contributed by atoms with Crippen LogP contribution in [0.2, 0.25) is 0 Å². The summed E-state index contributed by atoms with van der Waals surface area (Å²) < 4.78 is 0. The minimum absolute atomic E-state index is 0.497. The summed E-state index contributed by atoms with van der Waals surface area (Å²) in [5.74, 6) is 1.67. The van der Waals surface area contributed by atoms with Crippen LogP contribution in [0.1, 0.15) is 40.5 Å². The highest BCUT2D eigenvalue weighted by molar-refractivity contribution is 5.52. The van der Waals surface area contributed by atoms with Gasteiger partial charge >= 0.3 is 0 Å². The molecule has 0 saturated heterocycles. The first-order valence-corrected chi connectivity index (χ1v) is 6.58. The first-order chi connectivity index (χ1) is 8.11. The number of nitrogens with zero attached hydrogens (tertiary/aromatic N) is 1. The lowest BCUT2D eigenvalue weighted by Crippen LogP contribution is -2.17. The molecule has 0 saturated carbocycles. The number of rotatable bonds is 7. The van der Waals surface area contributed by atoms with Crippen LogP contribution >= 0.6 is 0 Å². The van der Waals surface area contributed by atoms with Gasteiger partial charge in [0.05, 0.1) is 0 Å². The van der Waals surface area contributed by atoms with Crippen LogP contribution in [0.4, 0.5) is 11.5 Å². The summed E-state index contributed by atoms with van der Waals surface area (Å²) in [5, 5.41) is 6.81. The van der Waals surface area contributed by atoms with Gasteiger partial charge in [-0.25, -0.2) is 4.98 Å². The molecule has 1 aromatic rings. The quantitative estimate of drug-likeness (QED) is 0.755. The monoisotopic (exact) mass is 235 g/mol. The SMILES string of the molecule is CCCNc1cc(NC(C)CC(C)C)ccn1. The Morgan fingerprint density at radius 2 is 2.06 bits per heavy atom. The van der Waals surface area contributed by atoms with Crippen molar-refractivity contribution in [3.8, 4) is 0 Å². The smallest absolute Gasteiger partial charge is 0.127 e. The van der Waals surface area contributed by atoms with Crippen LogP contribution in [-0.4, -0.2) is 17.6 Å². The van der Waals surface area contributed by atoms with Gasteiger partial charge in [-0.3, -0.25) is 0 Å². The highest BCUT2D eigenvalue weighted by Crippen LogP contribution is 2.15. The third-order valence-corrected chi connectivity index (χ3v) is 2.55. The number of hydrogen-bond donors (Lipinski definition) is 2. The largest absolute Gasteiger partial charge is 0.382 e. The molecule has 0 spiro atoms. The predicted octanol–water partition coefficient (Wildman–Crippen LogP) is 3.75. The molecule has 0 aliphatic carbocycles. The fourth-order valence-corrected chi connectivity index (χ4v) is 1.92. The third kappa shape index (κ3) is 5.57. The summed E-state index contributed by atoms with van der Waals surface area (Å²) in [6, 6.07) is 4.59. The zero-order valence-corrected chi connectivity index (χ0v) is 11.5. The van der Waals surface area contributed by atoms with Crippen LogP contribution < -0.4 is 10.6 Å². The lowest BCUT2D eigenvalue weighted by atomic mass is 10.1. The van der Waals surface area contributed by atoms with Crippen molar-refractivity contribution in [1.82, 2.24) is 4.98 Å². The Hall–Kier alpha value is -1.25. The van der Waals surface area contributed by atoms with Crippen molar-refractivity contribution in [1.29, 1.82) is 0 Å². The molecule has 0 amide bonds. The second kappa shape index (κ2) is 7.15. The molecule has 1 rings (SSSR count). The van der Waals surface area contributed by atoms with Gasteiger partial charge < -0.3 is 10.6 Å². The lowest BCUT2D eigenvalue weighted by molar-refractivity contribution is 0.540. The van der Waals surface area contributed by atoms with E-state index < -0.39 is 0 Å². The van der Waals surface area contributed by atoms with E-state index in [-0.39, 0.29) is 0 Å². The van der Waals surface area contributed by atoms with Crippen LogP contribution in [0.3, 0.4) is 0 Å². The fourth-order valence-electron chi connectivity index (χ4n) is 1.92. The Morgan fingerprint density at radius 1 is 1.29 bits per heavy atom. The van der Waals surface area contributed by atoms with Crippen molar-refractivity contribution >= 4 is 11.5 Å². The summed E-state index contributed by atoms with van der Waals surface area (Å²) >= 11 is 0. The van der Waals surface area contributed by atoms with Crippen LogP contribution in [0.25, 0.3) is 0 Å². The predicted molar refractivity (Wildman–Crippen MR) is 75.6 cm³/mol. The van der Waals surface area contributed by atoms with Gasteiger partial charge in [-0.05, 0) is 31.7 Å². The molecule has 1 aromatic heterocycles. The van der Waals surface area contributed by atoms with Gasteiger partial charge in [0.2, 0.25) is 0 Å². The molecule has 0 aliphatic rings. The highest BCUT2D eigenvalue weighted by Gasteiger charge is 2.05. The van der Waals surface area contributed by atoms with Gasteiger partial charge in [0.25, 0.3) is 0 Å². The Bertz CT molecular complexity index is 323. The van der Waals surface area contributed by atoms with Crippen molar-refractivity contribution in [2.24, 2.45) is 5.92 Å². The molecule has 0 fully saturated rings. The van der Waals surface area contributed by atoms with Gasteiger partial charge in [0.15, 0.2) is 0 Å². The van der Waals surface area contributed by atoms with Gasteiger partial charge in [0, 0.05) is 30.5 Å². The number of aromatic nitrogens is 1. The second-order valence-corrected chi connectivity index (χ2v) is 5.03. The van der Waals surface area contributed by atoms with Crippen LogP contribution in [0.5, 0.6) is 0 Å². The van der Waals surface area contributed by atoms with Gasteiger partial charge in [0.1, 0.15) is 5.82 Å². The average molecular weight is 235 g/mol. The maximum atomic E-state index is 4.29. The first-order valence-electron chi connectivity index (χ1n) is 6.58. The molecule has 0 radical (unpaired) electrons. The molecule has 1 atom stereocenters. The Morgan fingerprint density at radius 3 is 2.71 bits per heavy atom. The summed E-state index contributed by atoms with van der Waals surface area (Å²) in [6.07, 6.45) is 4.14. The Balaban J connectivity index is 2.52. The molecule has 3 heteroatoms. The summed E-state index contributed by atoms with van der Waals surface area (Å²) in [4.78, 5) is 4.29. The van der Waals surface area contributed by atoms with E-state index in [2.05, 4.69) is 49.4 Å². The fraction of sp³-hybridized carbons (Fsp3) is 0.643. The zero-order chi connectivity index (χ0) is 12.7. The van der Waals surface area contributed by atoms with Gasteiger partial charge in [-0.15, -0.1) is 0 Å². The molecule has 96 valence electrons. The van der Waals surface area contributed by atoms with Crippen LogP contribution in [-0.2, 0) is 0 Å². The van der Waals surface area contributed by atoms with Crippen molar-refractivity contribution in [3.63, 3.8) is 0 Å². The van der Waals surface area contributed by atoms with Crippen LogP contribution in [0, 0.1) is 5.92 Å². The van der Waals surface area contributed by atoms with E-state index >= 15 is 0 Å². The molecule has 0 aliphatic heterocycles. The third-order valence-electron chi connectivity index (χ3n) is 2.55. The van der Waals surface area contributed by atoms with Crippen molar-refractivity contribution in [2.75, 3.05) is 17.2 Å². The van der Waals surface area contributed by atoms with Crippen LogP contribution in [0.15, 0.2) is 18.3 Å². The standard InChI is InChI=1S/C14H25N3/c1-5-7-15-14-10-13(6-8-16-14)17-12(4)9-11(2)3/h6,8,10-12H,5,7,9H2,1-4H3,(H2,15,16,17). The molecule has 2 N–H and O–H groups in total. The van der Waals surface area contributed by atoms with Crippen molar-refractivity contribution in [2.45, 2.75) is 46.6 Å². The van der Waals surface area contributed by atoms with E-state index in [0.717, 1.165) is 30.4 Å². The average Bonchev–Trinajstić information content (AvgIpc) is 2.25.